The van der Waals surface area contributed by atoms with E-state index in [2.05, 4.69) is 9.25 Å². The van der Waals surface area contributed by atoms with Crippen molar-refractivity contribution in [3.8, 4) is 0 Å². The van der Waals surface area contributed by atoms with Crippen LogP contribution in [-0.4, -0.2) is 10.7 Å². The molecule has 10 heavy (non-hydrogen) atoms. The molecule has 1 aromatic rings. The van der Waals surface area contributed by atoms with E-state index in [1.54, 1.807) is 0 Å². The molecule has 0 saturated carbocycles. The first-order chi connectivity index (χ1) is 4.70. The summed E-state index contributed by atoms with van der Waals surface area (Å²) in [6.45, 7) is 1.19. The maximum atomic E-state index is 10.5. The second-order valence-corrected chi connectivity index (χ2v) is 1.58. The number of aromatic nitrogens is 1. The van der Waals surface area contributed by atoms with Crippen LogP contribution in [0.2, 0.25) is 0 Å². The fourth-order valence-corrected chi connectivity index (χ4v) is 0.463. The van der Waals surface area contributed by atoms with Crippen molar-refractivity contribution in [3.63, 3.8) is 0 Å². The van der Waals surface area contributed by atoms with Crippen LogP contribution in [0.15, 0.2) is 21.7 Å². The highest BCUT2D eigenvalue weighted by Gasteiger charge is 1.99. The van der Waals surface area contributed by atoms with Gasteiger partial charge in [-0.05, 0) is 0 Å². The smallest absolute Gasteiger partial charge is 0.414 e. The van der Waals surface area contributed by atoms with Crippen molar-refractivity contribution < 1.29 is 14.0 Å². The molecule has 0 fully saturated rings. The molecule has 0 aliphatic carbocycles. The molecule has 1 rings (SSSR count). The van der Waals surface area contributed by atoms with Gasteiger partial charge in [-0.3, -0.25) is 0 Å². The standard InChI is InChI=1S/C5H5NO4/c1-4(7)10-6-2-3-9-5(6)8/h2-3H,1H3. The highest BCUT2D eigenvalue weighted by molar-refractivity contribution is 5.66. The fourth-order valence-electron chi connectivity index (χ4n) is 0.463. The molecule has 0 aliphatic heterocycles. The third kappa shape index (κ3) is 1.25. The average Bonchev–Trinajstić information content (AvgIpc) is 2.15. The van der Waals surface area contributed by atoms with Crippen LogP contribution in [0.4, 0.5) is 0 Å². The highest BCUT2D eigenvalue weighted by atomic mass is 16.7. The number of rotatable bonds is 1. The molecule has 0 bridgehead atoms. The maximum absolute atomic E-state index is 10.5. The van der Waals surface area contributed by atoms with Gasteiger partial charge in [0.25, 0.3) is 0 Å². The number of carbonyl (C=O) groups excluding carboxylic acids is 1. The molecule has 0 unspecified atom stereocenters. The zero-order valence-corrected chi connectivity index (χ0v) is 5.23. The van der Waals surface area contributed by atoms with Crippen LogP contribution in [-0.2, 0) is 4.79 Å². The number of carbonyl (C=O) groups is 1. The number of nitrogens with zero attached hydrogens (tertiary/aromatic N) is 1. The summed E-state index contributed by atoms with van der Waals surface area (Å²) in [6.07, 6.45) is 2.34. The van der Waals surface area contributed by atoms with E-state index in [9.17, 15) is 9.59 Å². The molecule has 54 valence electrons. The molecular weight excluding hydrogens is 138 g/mol. The Labute approximate surface area is 55.8 Å². The van der Waals surface area contributed by atoms with Gasteiger partial charge in [0, 0.05) is 6.92 Å². The molecule has 1 heterocycles. The first-order valence-corrected chi connectivity index (χ1v) is 2.55. The zero-order chi connectivity index (χ0) is 7.56. The molecular formula is C5H5NO4. The van der Waals surface area contributed by atoms with Gasteiger partial charge in [0.2, 0.25) is 0 Å². The first-order valence-electron chi connectivity index (χ1n) is 2.55. The van der Waals surface area contributed by atoms with Gasteiger partial charge in [-0.1, -0.05) is 0 Å². The lowest BCUT2D eigenvalue weighted by molar-refractivity contribution is -0.142. The van der Waals surface area contributed by atoms with Crippen molar-refractivity contribution in [2.45, 2.75) is 6.92 Å². The summed E-state index contributed by atoms with van der Waals surface area (Å²) in [6, 6.07) is 0. The lowest BCUT2D eigenvalue weighted by Crippen LogP contribution is -2.25. The quantitative estimate of drug-likeness (QED) is 0.527. The Balaban J connectivity index is 2.85. The summed E-state index contributed by atoms with van der Waals surface area (Å²) in [7, 11) is 0. The van der Waals surface area contributed by atoms with E-state index in [4.69, 9.17) is 0 Å². The number of hydrogen-bond donors (Lipinski definition) is 0. The molecule has 0 spiro atoms. The van der Waals surface area contributed by atoms with Crippen LogP contribution < -0.4 is 10.6 Å². The summed E-state index contributed by atoms with van der Waals surface area (Å²) in [5, 5.41) is 0. The minimum Gasteiger partial charge on any atom is -0.414 e. The minimum atomic E-state index is -0.713. The molecule has 5 nitrogen and oxygen atoms in total. The van der Waals surface area contributed by atoms with E-state index in [0.717, 1.165) is 6.26 Å². The van der Waals surface area contributed by atoms with Gasteiger partial charge in [-0.15, -0.1) is 4.73 Å². The first kappa shape index (κ1) is 6.60. The normalized spacial score (nSPS) is 9.30. The van der Waals surface area contributed by atoms with Crippen LogP contribution >= 0.6 is 0 Å². The molecule has 0 N–H and O–H groups in total. The van der Waals surface area contributed by atoms with Crippen LogP contribution in [0.3, 0.4) is 0 Å². The summed E-state index contributed by atoms with van der Waals surface area (Å²) in [4.78, 5) is 25.1. The minimum absolute atomic E-state index is 0.566. The Bertz CT molecular complexity index is 284. The molecule has 0 atom stereocenters. The Morgan fingerprint density at radius 2 is 2.50 bits per heavy atom. The maximum Gasteiger partial charge on any atom is 0.452 e. The highest BCUT2D eigenvalue weighted by Crippen LogP contribution is 1.76. The van der Waals surface area contributed by atoms with Crippen LogP contribution in [0.1, 0.15) is 6.92 Å². The van der Waals surface area contributed by atoms with Gasteiger partial charge < -0.3 is 9.25 Å². The monoisotopic (exact) mass is 143 g/mol. The predicted molar refractivity (Wildman–Crippen MR) is 30.2 cm³/mol. The molecule has 0 saturated heterocycles. The third-order valence-electron chi connectivity index (χ3n) is 0.772. The van der Waals surface area contributed by atoms with Gasteiger partial charge in [-0.2, -0.15) is 0 Å². The lowest BCUT2D eigenvalue weighted by atomic mass is 10.8. The summed E-state index contributed by atoms with van der Waals surface area (Å²) < 4.78 is 5.01. The Hall–Kier alpha value is -1.52. The van der Waals surface area contributed by atoms with Crippen molar-refractivity contribution in [3.05, 3.63) is 23.0 Å². The summed E-state index contributed by atoms with van der Waals surface area (Å²) in [5.41, 5.74) is 0. The third-order valence-corrected chi connectivity index (χ3v) is 0.772. The SMILES string of the molecule is CC(=O)On1ccoc1=O. The van der Waals surface area contributed by atoms with Gasteiger partial charge in [-0.25, -0.2) is 9.59 Å². The van der Waals surface area contributed by atoms with Crippen molar-refractivity contribution in [1.82, 2.24) is 4.73 Å². The number of oxazole rings is 1. The van der Waals surface area contributed by atoms with Gasteiger partial charge in [0.1, 0.15) is 6.26 Å². The van der Waals surface area contributed by atoms with Gasteiger partial charge >= 0.3 is 11.7 Å². The van der Waals surface area contributed by atoms with E-state index >= 15 is 0 Å². The van der Waals surface area contributed by atoms with Crippen LogP contribution in [0.5, 0.6) is 0 Å². The van der Waals surface area contributed by atoms with Crippen molar-refractivity contribution in [2.75, 3.05) is 0 Å². The number of hydrogen-bond acceptors (Lipinski definition) is 4. The van der Waals surface area contributed by atoms with Crippen LogP contribution in [0, 0.1) is 0 Å². The Morgan fingerprint density at radius 3 is 2.90 bits per heavy atom. The molecule has 0 aromatic carbocycles. The van der Waals surface area contributed by atoms with Crippen molar-refractivity contribution in [2.24, 2.45) is 0 Å². The van der Waals surface area contributed by atoms with Crippen molar-refractivity contribution in [1.29, 1.82) is 0 Å². The Kier molecular flexibility index (Phi) is 1.57. The summed E-state index contributed by atoms with van der Waals surface area (Å²) >= 11 is 0. The van der Waals surface area contributed by atoms with E-state index in [1.807, 2.05) is 0 Å². The van der Waals surface area contributed by atoms with E-state index in [-0.39, 0.29) is 0 Å². The second kappa shape index (κ2) is 2.38. The molecule has 0 amide bonds. The Morgan fingerprint density at radius 1 is 1.80 bits per heavy atom. The van der Waals surface area contributed by atoms with Crippen molar-refractivity contribution >= 4 is 5.97 Å². The second-order valence-electron chi connectivity index (χ2n) is 1.58. The molecule has 0 radical (unpaired) electrons. The molecule has 0 aliphatic rings. The summed E-state index contributed by atoms with van der Waals surface area (Å²) in [5.74, 6) is -1.28. The average molecular weight is 143 g/mol. The topological polar surface area (TPSA) is 61.4 Å². The van der Waals surface area contributed by atoms with Crippen LogP contribution in [0.25, 0.3) is 0 Å². The van der Waals surface area contributed by atoms with Gasteiger partial charge in [0.05, 0.1) is 6.20 Å². The van der Waals surface area contributed by atoms with Gasteiger partial charge in [0.15, 0.2) is 0 Å². The predicted octanol–water partition coefficient (Wildman–Crippen LogP) is -0.584. The lowest BCUT2D eigenvalue weighted by Gasteiger charge is -1.93. The van der Waals surface area contributed by atoms with E-state index < -0.39 is 11.7 Å². The molecule has 5 heteroatoms. The molecule has 1 aromatic heterocycles. The zero-order valence-electron chi connectivity index (χ0n) is 5.23. The largest absolute Gasteiger partial charge is 0.452 e. The van der Waals surface area contributed by atoms with E-state index in [1.165, 1.54) is 13.1 Å². The fraction of sp³-hybridized carbons (Fsp3) is 0.200. The van der Waals surface area contributed by atoms with E-state index in [0.29, 0.717) is 4.73 Å².